The highest BCUT2D eigenvalue weighted by atomic mass is 15.2. The lowest BCUT2D eigenvalue weighted by Gasteiger charge is -2.12. The van der Waals surface area contributed by atoms with Crippen LogP contribution in [0.4, 0.5) is 0 Å². The number of hydrogen-bond donors (Lipinski definition) is 0. The molecule has 4 heterocycles. The van der Waals surface area contributed by atoms with E-state index in [4.69, 9.17) is 19.9 Å². The van der Waals surface area contributed by atoms with Crippen molar-refractivity contribution < 1.29 is 0 Å². The first-order valence-electron chi connectivity index (χ1n) is 20.8. The highest BCUT2D eigenvalue weighted by Crippen LogP contribution is 2.39. The molecule has 0 atom stereocenters. The molecule has 0 amide bonds. The van der Waals surface area contributed by atoms with Crippen LogP contribution in [0.1, 0.15) is 0 Å². The monoisotopic (exact) mass is 792 g/mol. The summed E-state index contributed by atoms with van der Waals surface area (Å²) in [5, 5.41) is 4.55. The molecule has 0 unspecified atom stereocenters. The van der Waals surface area contributed by atoms with E-state index in [0.717, 1.165) is 99.8 Å². The molecule has 0 aliphatic heterocycles. The van der Waals surface area contributed by atoms with E-state index in [1.807, 2.05) is 24.3 Å². The highest BCUT2D eigenvalue weighted by Gasteiger charge is 2.20. The summed E-state index contributed by atoms with van der Waals surface area (Å²) in [6.07, 6.45) is 0. The van der Waals surface area contributed by atoms with Gasteiger partial charge in [0, 0.05) is 43.8 Å². The quantitative estimate of drug-likeness (QED) is 0.161. The molecule has 6 heteroatoms. The predicted octanol–water partition coefficient (Wildman–Crippen LogP) is 13.8. The molecule has 12 rings (SSSR count). The summed E-state index contributed by atoms with van der Waals surface area (Å²) in [5.41, 5.74) is 14.1. The van der Waals surface area contributed by atoms with Gasteiger partial charge < -0.3 is 0 Å². The van der Waals surface area contributed by atoms with E-state index in [1.165, 1.54) is 0 Å². The van der Waals surface area contributed by atoms with E-state index >= 15 is 0 Å². The predicted molar refractivity (Wildman–Crippen MR) is 253 cm³/mol. The second kappa shape index (κ2) is 14.7. The van der Waals surface area contributed by atoms with Crippen molar-refractivity contribution >= 4 is 43.6 Å². The van der Waals surface area contributed by atoms with Crippen LogP contribution in [0, 0.1) is 0 Å². The molecule has 62 heavy (non-hydrogen) atoms. The van der Waals surface area contributed by atoms with Crippen molar-refractivity contribution in [3.05, 3.63) is 218 Å². The van der Waals surface area contributed by atoms with Crippen molar-refractivity contribution in [1.82, 2.24) is 29.1 Å². The zero-order valence-corrected chi connectivity index (χ0v) is 33.5. The standard InChI is InChI=1S/C56H36N6/c1-5-17-37(18-6-1)47-35-48(38-19-7-2-8-20-38)58-55(57-47)61-51-27-15-13-25-43(51)45-33-41(29-31-53(45)61)42-30-32-54-46(34-42)44-26-14-16-28-52(44)62(54)56-59-49(39-21-9-3-10-22-39)36-50(60-56)40-23-11-4-12-24-40/h1-36H. The minimum Gasteiger partial charge on any atom is -0.278 e. The van der Waals surface area contributed by atoms with Gasteiger partial charge in [-0.15, -0.1) is 0 Å². The number of para-hydroxylation sites is 2. The van der Waals surface area contributed by atoms with Crippen LogP contribution in [-0.4, -0.2) is 29.1 Å². The molecule has 0 bridgehead atoms. The van der Waals surface area contributed by atoms with E-state index in [2.05, 4.69) is 203 Å². The zero-order chi connectivity index (χ0) is 41.0. The number of fused-ring (bicyclic) bond motifs is 6. The second-order valence-corrected chi connectivity index (χ2v) is 15.5. The molecule has 0 fully saturated rings. The van der Waals surface area contributed by atoms with Crippen LogP contribution in [0.3, 0.4) is 0 Å². The summed E-state index contributed by atoms with van der Waals surface area (Å²) in [6, 6.07) is 76.1. The van der Waals surface area contributed by atoms with Gasteiger partial charge in [-0.3, -0.25) is 9.13 Å². The largest absolute Gasteiger partial charge is 0.278 e. The van der Waals surface area contributed by atoms with Crippen LogP contribution >= 0.6 is 0 Å². The maximum absolute atomic E-state index is 5.23. The maximum atomic E-state index is 5.23. The van der Waals surface area contributed by atoms with E-state index in [0.29, 0.717) is 11.9 Å². The third-order valence-corrected chi connectivity index (χ3v) is 11.8. The zero-order valence-electron chi connectivity index (χ0n) is 33.5. The normalized spacial score (nSPS) is 11.5. The molecule has 4 aromatic heterocycles. The Morgan fingerprint density at radius 1 is 0.226 bits per heavy atom. The summed E-state index contributed by atoms with van der Waals surface area (Å²) in [6.45, 7) is 0. The Hall–Kier alpha value is -8.48. The molecule has 12 aromatic rings. The smallest absolute Gasteiger partial charge is 0.235 e. The van der Waals surface area contributed by atoms with Gasteiger partial charge in [0.05, 0.1) is 44.8 Å². The van der Waals surface area contributed by atoms with Crippen molar-refractivity contribution in [2.45, 2.75) is 0 Å². The van der Waals surface area contributed by atoms with E-state index < -0.39 is 0 Å². The van der Waals surface area contributed by atoms with Crippen LogP contribution in [0.25, 0.3) is 112 Å². The Kier molecular flexibility index (Phi) is 8.38. The van der Waals surface area contributed by atoms with Crippen molar-refractivity contribution in [1.29, 1.82) is 0 Å². The first-order valence-corrected chi connectivity index (χ1v) is 20.8. The fourth-order valence-electron chi connectivity index (χ4n) is 8.83. The molecule has 0 radical (unpaired) electrons. The summed E-state index contributed by atoms with van der Waals surface area (Å²) < 4.78 is 4.41. The van der Waals surface area contributed by atoms with Crippen molar-refractivity contribution in [3.8, 4) is 68.1 Å². The molecule has 0 aliphatic carbocycles. The maximum Gasteiger partial charge on any atom is 0.235 e. The van der Waals surface area contributed by atoms with E-state index in [9.17, 15) is 0 Å². The molecular formula is C56H36N6. The third kappa shape index (κ3) is 6.04. The number of hydrogen-bond acceptors (Lipinski definition) is 4. The van der Waals surface area contributed by atoms with Crippen LogP contribution in [0.2, 0.25) is 0 Å². The fraction of sp³-hybridized carbons (Fsp3) is 0. The molecule has 8 aromatic carbocycles. The summed E-state index contributed by atoms with van der Waals surface area (Å²) >= 11 is 0. The summed E-state index contributed by atoms with van der Waals surface area (Å²) in [7, 11) is 0. The minimum atomic E-state index is 0.632. The van der Waals surface area contributed by atoms with Crippen LogP contribution in [0.5, 0.6) is 0 Å². The Morgan fingerprint density at radius 3 is 0.855 bits per heavy atom. The molecule has 0 aliphatic rings. The van der Waals surface area contributed by atoms with Gasteiger partial charge in [-0.25, -0.2) is 19.9 Å². The van der Waals surface area contributed by atoms with Gasteiger partial charge in [0.15, 0.2) is 0 Å². The Balaban J connectivity index is 1.02. The molecule has 0 N–H and O–H groups in total. The van der Waals surface area contributed by atoms with Gasteiger partial charge in [-0.2, -0.15) is 0 Å². The highest BCUT2D eigenvalue weighted by molar-refractivity contribution is 6.12. The number of aromatic nitrogens is 6. The molecule has 6 nitrogen and oxygen atoms in total. The molecular weight excluding hydrogens is 757 g/mol. The lowest BCUT2D eigenvalue weighted by molar-refractivity contribution is 0.995. The summed E-state index contributed by atoms with van der Waals surface area (Å²) in [5.74, 6) is 1.26. The Bertz CT molecular complexity index is 3260. The molecule has 0 spiro atoms. The van der Waals surface area contributed by atoms with Gasteiger partial charge in [0.2, 0.25) is 11.9 Å². The van der Waals surface area contributed by atoms with Gasteiger partial charge in [0.25, 0.3) is 0 Å². The second-order valence-electron chi connectivity index (χ2n) is 15.5. The minimum absolute atomic E-state index is 0.632. The molecule has 0 saturated carbocycles. The van der Waals surface area contributed by atoms with Crippen molar-refractivity contribution in [3.63, 3.8) is 0 Å². The first-order chi connectivity index (χ1) is 30.7. The van der Waals surface area contributed by atoms with Crippen LogP contribution in [-0.2, 0) is 0 Å². The molecule has 290 valence electrons. The first kappa shape index (κ1) is 35.5. The molecule has 0 saturated heterocycles. The average Bonchev–Trinajstić information content (AvgIpc) is 3.87. The third-order valence-electron chi connectivity index (χ3n) is 11.8. The average molecular weight is 793 g/mol. The van der Waals surface area contributed by atoms with Gasteiger partial charge in [0.1, 0.15) is 0 Å². The van der Waals surface area contributed by atoms with E-state index in [1.54, 1.807) is 0 Å². The lowest BCUT2D eigenvalue weighted by atomic mass is 10.0. The van der Waals surface area contributed by atoms with Gasteiger partial charge in [-0.1, -0.05) is 170 Å². The number of nitrogens with zero attached hydrogens (tertiary/aromatic N) is 6. The SMILES string of the molecule is c1ccc(-c2cc(-c3ccccc3)nc(-n3c4ccccc4c4cc(-c5ccc6c(c5)c5ccccc5n6-c5nc(-c6ccccc6)cc(-c6ccccc6)n5)ccc43)n2)cc1. The summed E-state index contributed by atoms with van der Waals surface area (Å²) in [4.78, 5) is 20.9. The lowest BCUT2D eigenvalue weighted by Crippen LogP contribution is -2.04. The Labute approximate surface area is 357 Å². The van der Waals surface area contributed by atoms with Crippen LogP contribution < -0.4 is 0 Å². The van der Waals surface area contributed by atoms with Crippen molar-refractivity contribution in [2.24, 2.45) is 0 Å². The topological polar surface area (TPSA) is 61.4 Å². The van der Waals surface area contributed by atoms with E-state index in [-0.39, 0.29) is 0 Å². The number of benzene rings is 8. The van der Waals surface area contributed by atoms with Gasteiger partial charge >= 0.3 is 0 Å². The number of rotatable bonds is 7. The van der Waals surface area contributed by atoms with Crippen molar-refractivity contribution in [2.75, 3.05) is 0 Å². The Morgan fingerprint density at radius 2 is 0.516 bits per heavy atom. The van der Waals surface area contributed by atoms with Crippen LogP contribution in [0.15, 0.2) is 218 Å². The van der Waals surface area contributed by atoms with Gasteiger partial charge in [-0.05, 0) is 59.7 Å². The fourth-order valence-corrected chi connectivity index (χ4v) is 8.83.